The third-order valence-electron chi connectivity index (χ3n) is 20.3. The van der Waals surface area contributed by atoms with Crippen LogP contribution in [0, 0.1) is 5.92 Å². The van der Waals surface area contributed by atoms with Gasteiger partial charge in [-0.2, -0.15) is 0 Å². The minimum Gasteiger partial charge on any atom is -0.462 e. The highest BCUT2D eigenvalue weighted by Crippen LogP contribution is 2.45. The highest BCUT2D eigenvalue weighted by Gasteiger charge is 2.30. The minimum atomic E-state index is -4.97. The Morgan fingerprint density at radius 1 is 0.257 bits per heavy atom. The molecule has 0 aromatic carbocycles. The van der Waals surface area contributed by atoms with Gasteiger partial charge in [-0.15, -0.1) is 0 Å². The van der Waals surface area contributed by atoms with Crippen LogP contribution < -0.4 is 0 Å². The monoisotopic (exact) mass is 1540 g/mol. The zero-order chi connectivity index (χ0) is 76.9. The number of esters is 4. The van der Waals surface area contributed by atoms with E-state index in [1.54, 1.807) is 0 Å². The van der Waals surface area contributed by atoms with Crippen molar-refractivity contribution in [1.29, 1.82) is 0 Å². The molecule has 17 nitrogen and oxygen atoms in total. The fourth-order valence-electron chi connectivity index (χ4n) is 13.5. The molecule has 0 saturated heterocycles. The van der Waals surface area contributed by atoms with Gasteiger partial charge in [-0.3, -0.25) is 37.3 Å². The third kappa shape index (κ3) is 79.9. The molecule has 105 heavy (non-hydrogen) atoms. The van der Waals surface area contributed by atoms with E-state index in [1.807, 2.05) is 0 Å². The van der Waals surface area contributed by atoms with Crippen LogP contribution in [0.4, 0.5) is 0 Å². The number of ether oxygens (including phenoxy) is 4. The molecule has 3 N–H and O–H groups in total. The fourth-order valence-corrected chi connectivity index (χ4v) is 15.1. The second-order valence-corrected chi connectivity index (χ2v) is 34.3. The van der Waals surface area contributed by atoms with Crippen LogP contribution >= 0.6 is 15.6 Å². The van der Waals surface area contributed by atoms with Crippen molar-refractivity contribution >= 4 is 39.5 Å². The molecule has 0 aliphatic carbocycles. The number of rotatable bonds is 86. The Hall–Kier alpha value is -1.94. The van der Waals surface area contributed by atoms with Gasteiger partial charge < -0.3 is 33.8 Å². The summed E-state index contributed by atoms with van der Waals surface area (Å²) in [5.74, 6) is -1.35. The van der Waals surface area contributed by atoms with E-state index in [9.17, 15) is 43.2 Å². The lowest BCUT2D eigenvalue weighted by Gasteiger charge is -2.21. The number of aliphatic hydroxyl groups excluding tert-OH is 1. The molecule has 0 spiro atoms. The van der Waals surface area contributed by atoms with Gasteiger partial charge in [0.05, 0.1) is 26.4 Å². The third-order valence-corrected chi connectivity index (χ3v) is 22.2. The number of carbonyl (C=O) groups is 4. The number of hydrogen-bond acceptors (Lipinski definition) is 15. The molecule has 0 aliphatic heterocycles. The number of aliphatic hydroxyl groups is 1. The SMILES string of the molecule is CCCCCCCCCCCCCCCCCCCCCCCCC(=O)O[C@H](COC(=O)CCCCCCCCCCCCCCCCCCC)COP(=O)(O)OC[C@@H](O)COP(=O)(O)OC[C@@H](COC(=O)CCCCCCCCCCCCCCC)OC(=O)CCCCCCCCCCCCC(C)C. The van der Waals surface area contributed by atoms with Crippen LogP contribution in [0.25, 0.3) is 0 Å². The molecule has 19 heteroatoms. The highest BCUT2D eigenvalue weighted by molar-refractivity contribution is 7.47. The summed E-state index contributed by atoms with van der Waals surface area (Å²) in [4.78, 5) is 73.2. The van der Waals surface area contributed by atoms with E-state index < -0.39 is 97.5 Å². The van der Waals surface area contributed by atoms with Crippen molar-refractivity contribution in [3.05, 3.63) is 0 Å². The van der Waals surface area contributed by atoms with Gasteiger partial charge in [0.15, 0.2) is 12.2 Å². The lowest BCUT2D eigenvalue weighted by Crippen LogP contribution is -2.30. The summed E-state index contributed by atoms with van der Waals surface area (Å²) in [5, 5.41) is 10.7. The molecule has 5 atom stereocenters. The molecular formula is C86H168O17P2. The molecule has 0 radical (unpaired) electrons. The van der Waals surface area contributed by atoms with Crippen molar-refractivity contribution in [3.8, 4) is 0 Å². The van der Waals surface area contributed by atoms with Crippen LogP contribution in [-0.2, 0) is 65.4 Å². The summed E-state index contributed by atoms with van der Waals surface area (Å²) in [5.41, 5.74) is 0. The number of phosphoric ester groups is 2. The predicted molar refractivity (Wildman–Crippen MR) is 432 cm³/mol. The second kappa shape index (κ2) is 78.7. The smallest absolute Gasteiger partial charge is 0.462 e. The maximum absolute atomic E-state index is 13.1. The highest BCUT2D eigenvalue weighted by atomic mass is 31.2. The van der Waals surface area contributed by atoms with E-state index in [4.69, 9.17) is 37.0 Å². The van der Waals surface area contributed by atoms with E-state index in [0.717, 1.165) is 95.8 Å². The summed E-state index contributed by atoms with van der Waals surface area (Å²) in [6.07, 6.45) is 72.2. The van der Waals surface area contributed by atoms with Crippen LogP contribution in [0.5, 0.6) is 0 Å². The van der Waals surface area contributed by atoms with E-state index in [-0.39, 0.29) is 25.7 Å². The molecule has 624 valence electrons. The van der Waals surface area contributed by atoms with Gasteiger partial charge in [-0.25, -0.2) is 9.13 Å². The first-order chi connectivity index (χ1) is 51.0. The zero-order valence-electron chi connectivity index (χ0n) is 68.9. The molecule has 0 aromatic heterocycles. The van der Waals surface area contributed by atoms with Crippen LogP contribution in [0.1, 0.15) is 465 Å². The van der Waals surface area contributed by atoms with E-state index in [0.29, 0.717) is 25.7 Å². The maximum Gasteiger partial charge on any atom is 0.472 e. The molecule has 0 saturated carbocycles. The number of phosphoric acid groups is 2. The van der Waals surface area contributed by atoms with Crippen molar-refractivity contribution in [2.24, 2.45) is 5.92 Å². The minimum absolute atomic E-state index is 0.107. The second-order valence-electron chi connectivity index (χ2n) is 31.4. The summed E-state index contributed by atoms with van der Waals surface area (Å²) >= 11 is 0. The number of carbonyl (C=O) groups excluding carboxylic acids is 4. The molecule has 2 unspecified atom stereocenters. The van der Waals surface area contributed by atoms with Crippen molar-refractivity contribution in [2.75, 3.05) is 39.6 Å². The van der Waals surface area contributed by atoms with Gasteiger partial charge in [0.2, 0.25) is 0 Å². The van der Waals surface area contributed by atoms with Gasteiger partial charge >= 0.3 is 39.5 Å². The Kier molecular flexibility index (Phi) is 77.3. The Balaban J connectivity index is 5.23. The normalized spacial score (nSPS) is 13.8. The first-order valence-corrected chi connectivity index (χ1v) is 47.6. The molecule has 0 fully saturated rings. The van der Waals surface area contributed by atoms with Crippen molar-refractivity contribution in [2.45, 2.75) is 483 Å². The lowest BCUT2D eigenvalue weighted by atomic mass is 10.0. The fraction of sp³-hybridized carbons (Fsp3) is 0.953. The number of hydrogen-bond donors (Lipinski definition) is 3. The predicted octanol–water partition coefficient (Wildman–Crippen LogP) is 26.4. The zero-order valence-corrected chi connectivity index (χ0v) is 70.7. The Morgan fingerprint density at radius 3 is 0.648 bits per heavy atom. The summed E-state index contributed by atoms with van der Waals surface area (Å²) in [7, 11) is -9.93. The molecular weight excluding hydrogens is 1370 g/mol. The van der Waals surface area contributed by atoms with Crippen molar-refractivity contribution < 1.29 is 80.2 Å². The topological polar surface area (TPSA) is 237 Å². The van der Waals surface area contributed by atoms with Crippen LogP contribution in [-0.4, -0.2) is 96.7 Å². The van der Waals surface area contributed by atoms with Crippen molar-refractivity contribution in [1.82, 2.24) is 0 Å². The molecule has 0 bridgehead atoms. The van der Waals surface area contributed by atoms with Gasteiger partial charge in [-0.05, 0) is 31.6 Å². The van der Waals surface area contributed by atoms with Gasteiger partial charge in [0.1, 0.15) is 19.3 Å². The summed E-state index contributed by atoms with van der Waals surface area (Å²) < 4.78 is 68.9. The lowest BCUT2D eigenvalue weighted by molar-refractivity contribution is -0.161. The average molecular weight is 1540 g/mol. The van der Waals surface area contributed by atoms with Gasteiger partial charge in [0.25, 0.3) is 0 Å². The van der Waals surface area contributed by atoms with Gasteiger partial charge in [-0.1, -0.05) is 413 Å². The standard InChI is InChI=1S/C86H168O17P2/c1-6-9-12-15-18-21-24-27-29-31-32-33-34-35-37-39-42-45-51-56-61-66-71-85(90)102-81(75-97-84(89)70-65-60-55-50-44-41-38-36-30-28-25-22-19-16-13-10-7-2)77-100-104(92,93)98-73-80(87)74-99-105(94,95)101-78-82(103-86(91)72-67-62-57-52-47-46-48-53-58-63-68-79(4)5)76-96-83(88)69-64-59-54-49-43-40-26-23-20-17-14-11-8-3/h79-82,87H,6-78H2,1-5H3,(H,92,93)(H,94,95)/t80-,81-,82-/m1/s1. The first-order valence-electron chi connectivity index (χ1n) is 44.6. The van der Waals surface area contributed by atoms with E-state index in [2.05, 4.69) is 34.6 Å². The van der Waals surface area contributed by atoms with Crippen LogP contribution in [0.15, 0.2) is 0 Å². The largest absolute Gasteiger partial charge is 0.472 e. The van der Waals surface area contributed by atoms with Crippen LogP contribution in [0.3, 0.4) is 0 Å². The summed E-state index contributed by atoms with van der Waals surface area (Å²) in [6, 6.07) is 0. The Labute approximate surface area is 645 Å². The van der Waals surface area contributed by atoms with E-state index in [1.165, 1.54) is 289 Å². The summed E-state index contributed by atoms with van der Waals surface area (Å²) in [6.45, 7) is 7.35. The Bertz CT molecular complexity index is 2000. The first kappa shape index (κ1) is 103. The quantitative estimate of drug-likeness (QED) is 0.0222. The molecule has 0 aromatic rings. The Morgan fingerprint density at radius 2 is 0.438 bits per heavy atom. The molecule has 0 amide bonds. The molecule has 0 aliphatic rings. The molecule has 0 heterocycles. The average Bonchev–Trinajstić information content (AvgIpc) is 0.911. The maximum atomic E-state index is 13.1. The number of unbranched alkanes of at least 4 members (excludes halogenated alkanes) is 58. The van der Waals surface area contributed by atoms with Crippen LogP contribution in [0.2, 0.25) is 0 Å². The van der Waals surface area contributed by atoms with Crippen molar-refractivity contribution in [3.63, 3.8) is 0 Å². The van der Waals surface area contributed by atoms with Gasteiger partial charge in [0, 0.05) is 25.7 Å². The molecule has 0 rings (SSSR count). The van der Waals surface area contributed by atoms with E-state index >= 15 is 0 Å².